The first-order valence-corrected chi connectivity index (χ1v) is 11.5. The predicted molar refractivity (Wildman–Crippen MR) is 111 cm³/mol. The van der Waals surface area contributed by atoms with Crippen molar-refractivity contribution in [1.29, 1.82) is 0 Å². The first kappa shape index (κ1) is 23.6. The van der Waals surface area contributed by atoms with Gasteiger partial charge in [-0.1, -0.05) is 23.2 Å². The van der Waals surface area contributed by atoms with E-state index in [2.05, 4.69) is 4.98 Å². The van der Waals surface area contributed by atoms with Gasteiger partial charge in [-0.25, -0.2) is 13.4 Å². The van der Waals surface area contributed by atoms with E-state index in [4.69, 9.17) is 23.2 Å². The molecule has 0 bridgehead atoms. The van der Waals surface area contributed by atoms with Crippen molar-refractivity contribution >= 4 is 44.6 Å². The maximum atomic E-state index is 12.8. The van der Waals surface area contributed by atoms with Crippen molar-refractivity contribution in [2.75, 3.05) is 31.1 Å². The van der Waals surface area contributed by atoms with E-state index in [9.17, 15) is 26.4 Å². The van der Waals surface area contributed by atoms with E-state index in [-0.39, 0.29) is 13.1 Å². The van der Waals surface area contributed by atoms with Crippen molar-refractivity contribution in [2.24, 2.45) is 0 Å². The molecule has 2 aromatic rings. The zero-order valence-electron chi connectivity index (χ0n) is 16.2. The average Bonchev–Trinajstić information content (AvgIpc) is 2.74. The van der Waals surface area contributed by atoms with Crippen LogP contribution in [0.5, 0.6) is 0 Å². The summed E-state index contributed by atoms with van der Waals surface area (Å²) >= 11 is 12.0. The number of hydrogen-bond donors (Lipinski definition) is 0. The van der Waals surface area contributed by atoms with Crippen LogP contribution in [0.15, 0.2) is 41.6 Å². The van der Waals surface area contributed by atoms with Crippen molar-refractivity contribution in [3.63, 3.8) is 0 Å². The smallest absolute Gasteiger partial charge is 0.368 e. The summed E-state index contributed by atoms with van der Waals surface area (Å²) in [6.45, 7) is 2.67. The summed E-state index contributed by atoms with van der Waals surface area (Å²) in [7, 11) is -4.24. The highest BCUT2D eigenvalue weighted by Gasteiger charge is 2.36. The number of sulfone groups is 1. The Labute approximate surface area is 187 Å². The van der Waals surface area contributed by atoms with E-state index >= 15 is 0 Å². The minimum Gasteiger partial charge on any atom is -0.368 e. The molecule has 12 heteroatoms. The van der Waals surface area contributed by atoms with Gasteiger partial charge in [0.2, 0.25) is 15.7 Å². The fourth-order valence-corrected chi connectivity index (χ4v) is 4.68. The van der Waals surface area contributed by atoms with Crippen LogP contribution in [0.3, 0.4) is 0 Å². The van der Waals surface area contributed by atoms with Gasteiger partial charge in [0.1, 0.15) is 5.25 Å². The van der Waals surface area contributed by atoms with Crippen LogP contribution in [-0.2, 0) is 20.8 Å². The second-order valence-corrected chi connectivity index (χ2v) is 10.0. The van der Waals surface area contributed by atoms with Crippen LogP contribution in [0.1, 0.15) is 12.5 Å². The van der Waals surface area contributed by atoms with Crippen molar-refractivity contribution in [3.8, 4) is 0 Å². The van der Waals surface area contributed by atoms with Crippen LogP contribution in [-0.4, -0.2) is 55.6 Å². The average molecular weight is 496 g/mol. The van der Waals surface area contributed by atoms with Gasteiger partial charge in [-0.3, -0.25) is 4.79 Å². The second-order valence-electron chi connectivity index (χ2n) is 6.98. The number of carbonyl (C=O) groups excluding carboxylic acids is 1. The van der Waals surface area contributed by atoms with Gasteiger partial charge in [0.05, 0.1) is 15.6 Å². The molecule has 0 aliphatic carbocycles. The molecule has 31 heavy (non-hydrogen) atoms. The number of hydrogen-bond acceptors (Lipinski definition) is 5. The van der Waals surface area contributed by atoms with Crippen LogP contribution in [0, 0.1) is 0 Å². The molecule has 0 radical (unpaired) electrons. The molecule has 6 nitrogen and oxygen atoms in total. The van der Waals surface area contributed by atoms with Crippen LogP contribution in [0.2, 0.25) is 10.0 Å². The minimum atomic E-state index is -4.63. The second kappa shape index (κ2) is 8.84. The van der Waals surface area contributed by atoms with E-state index < -0.39 is 37.8 Å². The Kier molecular flexibility index (Phi) is 6.73. The Morgan fingerprint density at radius 3 is 2.23 bits per heavy atom. The number of benzene rings is 1. The molecule has 1 aliphatic heterocycles. The highest BCUT2D eigenvalue weighted by Crippen LogP contribution is 2.30. The van der Waals surface area contributed by atoms with E-state index in [0.29, 0.717) is 35.4 Å². The number of halogens is 5. The molecule has 1 aromatic heterocycles. The number of aromatic nitrogens is 1. The van der Waals surface area contributed by atoms with Gasteiger partial charge in [0.15, 0.2) is 5.03 Å². The number of amides is 1. The number of alkyl halides is 3. The SMILES string of the molecule is CC(C(=O)N1CCN(c2ccc(Cl)c(Cl)c2)CC1)S(=O)(=O)c1ccc(C(F)(F)F)cn1. The molecule has 1 aromatic carbocycles. The Bertz CT molecular complexity index is 1070. The summed E-state index contributed by atoms with van der Waals surface area (Å²) < 4.78 is 63.4. The topological polar surface area (TPSA) is 70.6 Å². The van der Waals surface area contributed by atoms with Crippen molar-refractivity contribution in [1.82, 2.24) is 9.88 Å². The molecule has 0 spiro atoms. The maximum absolute atomic E-state index is 12.8. The lowest BCUT2D eigenvalue weighted by atomic mass is 10.2. The molecule has 0 N–H and O–H groups in total. The van der Waals surface area contributed by atoms with Gasteiger partial charge >= 0.3 is 6.18 Å². The Morgan fingerprint density at radius 1 is 1.06 bits per heavy atom. The third kappa shape index (κ3) is 5.07. The van der Waals surface area contributed by atoms with Gasteiger partial charge in [-0.2, -0.15) is 13.2 Å². The molecule has 1 fully saturated rings. The lowest BCUT2D eigenvalue weighted by Gasteiger charge is -2.37. The molecule has 2 heterocycles. The van der Waals surface area contributed by atoms with Gasteiger partial charge in [0.25, 0.3) is 0 Å². The predicted octanol–water partition coefficient (Wildman–Crippen LogP) is 3.92. The van der Waals surface area contributed by atoms with Crippen molar-refractivity contribution < 1.29 is 26.4 Å². The fraction of sp³-hybridized carbons (Fsp3) is 0.368. The number of pyridine rings is 1. The summed E-state index contributed by atoms with van der Waals surface area (Å²) in [4.78, 5) is 19.6. The molecule has 0 saturated carbocycles. The zero-order chi connectivity index (χ0) is 23.0. The molecule has 1 saturated heterocycles. The highest BCUT2D eigenvalue weighted by atomic mass is 35.5. The molecule has 3 rings (SSSR count). The number of nitrogens with zero attached hydrogens (tertiary/aromatic N) is 3. The third-order valence-corrected chi connectivity index (χ3v) is 7.72. The number of anilines is 1. The van der Waals surface area contributed by atoms with Crippen LogP contribution >= 0.6 is 23.2 Å². The molecule has 1 atom stereocenters. The lowest BCUT2D eigenvalue weighted by Crippen LogP contribution is -2.52. The van der Waals surface area contributed by atoms with E-state index in [1.165, 1.54) is 11.8 Å². The maximum Gasteiger partial charge on any atom is 0.417 e. The normalized spacial score (nSPS) is 16.3. The standard InChI is InChI=1S/C19H18Cl2F3N3O3S/c1-12(31(29,30)17-5-2-13(11-25-17)19(22,23)24)18(28)27-8-6-26(7-9-27)14-3-4-15(20)16(21)10-14/h2-5,10-12H,6-9H2,1H3. The molecule has 168 valence electrons. The van der Waals surface area contributed by atoms with Crippen molar-refractivity contribution in [2.45, 2.75) is 23.4 Å². The highest BCUT2D eigenvalue weighted by molar-refractivity contribution is 7.92. The van der Waals surface area contributed by atoms with Gasteiger partial charge in [-0.15, -0.1) is 0 Å². The molecule has 1 unspecified atom stereocenters. The zero-order valence-corrected chi connectivity index (χ0v) is 18.6. The minimum absolute atomic E-state index is 0.277. The summed E-state index contributed by atoms with van der Waals surface area (Å²) in [5, 5.41) is -1.22. The molecular weight excluding hydrogens is 478 g/mol. The third-order valence-electron chi connectivity index (χ3n) is 5.03. The van der Waals surface area contributed by atoms with Crippen LogP contribution < -0.4 is 4.90 Å². The Hall–Kier alpha value is -2.04. The number of piperazine rings is 1. The van der Waals surface area contributed by atoms with Crippen LogP contribution in [0.25, 0.3) is 0 Å². The number of rotatable bonds is 4. The van der Waals surface area contributed by atoms with E-state index in [0.717, 1.165) is 11.8 Å². The first-order valence-electron chi connectivity index (χ1n) is 9.17. The van der Waals surface area contributed by atoms with E-state index in [1.54, 1.807) is 18.2 Å². The summed E-state index contributed by atoms with van der Waals surface area (Å²) in [5.74, 6) is -0.629. The largest absolute Gasteiger partial charge is 0.417 e. The van der Waals surface area contributed by atoms with Crippen LogP contribution in [0.4, 0.5) is 18.9 Å². The quantitative estimate of drug-likeness (QED) is 0.642. The first-order chi connectivity index (χ1) is 14.4. The lowest BCUT2D eigenvalue weighted by molar-refractivity contribution is -0.138. The van der Waals surface area contributed by atoms with Crippen molar-refractivity contribution in [3.05, 3.63) is 52.1 Å². The van der Waals surface area contributed by atoms with Gasteiger partial charge < -0.3 is 9.80 Å². The summed E-state index contributed by atoms with van der Waals surface area (Å²) in [5.41, 5.74) is -0.236. The van der Waals surface area contributed by atoms with Gasteiger partial charge in [0, 0.05) is 38.1 Å². The Balaban J connectivity index is 1.68. The molecule has 1 amide bonds. The Morgan fingerprint density at radius 2 is 1.71 bits per heavy atom. The summed E-state index contributed by atoms with van der Waals surface area (Å²) in [6, 6.07) is 6.58. The molecular formula is C19H18Cl2F3N3O3S. The number of carbonyl (C=O) groups is 1. The van der Waals surface area contributed by atoms with Gasteiger partial charge in [-0.05, 0) is 37.3 Å². The summed E-state index contributed by atoms with van der Waals surface area (Å²) in [6.07, 6.45) is -4.19. The molecule has 1 aliphatic rings. The monoisotopic (exact) mass is 495 g/mol. The van der Waals surface area contributed by atoms with E-state index in [1.807, 2.05) is 4.90 Å². The fourth-order valence-electron chi connectivity index (χ4n) is 3.15.